The maximum Gasteiger partial charge on any atom is 0.262 e. The highest BCUT2D eigenvalue weighted by molar-refractivity contribution is 5.91. The summed E-state index contributed by atoms with van der Waals surface area (Å²) in [6, 6.07) is 15.0. The SMILES string of the molecule is Cc1ccc(NC(=O)COc2ccc(CCNC(=O)C(C)(C)N)cc2)cc1.Cl. The van der Waals surface area contributed by atoms with E-state index in [4.69, 9.17) is 10.5 Å². The largest absolute Gasteiger partial charge is 0.484 e. The van der Waals surface area contributed by atoms with E-state index < -0.39 is 5.54 Å². The van der Waals surface area contributed by atoms with Gasteiger partial charge in [-0.3, -0.25) is 9.59 Å². The molecule has 0 aromatic heterocycles. The summed E-state index contributed by atoms with van der Waals surface area (Å²) in [5.41, 5.74) is 7.79. The van der Waals surface area contributed by atoms with Crippen LogP contribution in [0.4, 0.5) is 5.69 Å². The van der Waals surface area contributed by atoms with Crippen molar-refractivity contribution in [3.05, 3.63) is 59.7 Å². The molecule has 0 bridgehead atoms. The third-order valence-corrected chi connectivity index (χ3v) is 3.91. The maximum atomic E-state index is 11.9. The predicted molar refractivity (Wildman–Crippen MR) is 114 cm³/mol. The molecule has 0 atom stereocenters. The number of benzene rings is 2. The van der Waals surface area contributed by atoms with E-state index in [2.05, 4.69) is 10.6 Å². The molecule has 2 aromatic rings. The number of ether oxygens (including phenoxy) is 1. The van der Waals surface area contributed by atoms with E-state index in [9.17, 15) is 9.59 Å². The summed E-state index contributed by atoms with van der Waals surface area (Å²) < 4.78 is 5.51. The first kappa shape index (κ1) is 23.5. The standard InChI is InChI=1S/C21H27N3O3.ClH/c1-15-4-8-17(9-5-15)24-19(25)14-27-18-10-6-16(7-11-18)12-13-23-20(26)21(2,3)22;/h4-11H,12-14,22H2,1-3H3,(H,23,26)(H,24,25);1H. The molecule has 0 saturated carbocycles. The fraction of sp³-hybridized carbons (Fsp3) is 0.333. The third-order valence-electron chi connectivity index (χ3n) is 3.91. The zero-order valence-corrected chi connectivity index (χ0v) is 17.3. The maximum absolute atomic E-state index is 11.9. The Balaban J connectivity index is 0.00000392. The van der Waals surface area contributed by atoms with Crippen LogP contribution >= 0.6 is 12.4 Å². The number of anilines is 1. The number of carbonyl (C=O) groups is 2. The number of nitrogens with one attached hydrogen (secondary N) is 2. The smallest absolute Gasteiger partial charge is 0.262 e. The van der Waals surface area contributed by atoms with E-state index in [1.54, 1.807) is 13.8 Å². The van der Waals surface area contributed by atoms with Crippen molar-refractivity contribution in [1.82, 2.24) is 5.32 Å². The zero-order chi connectivity index (χ0) is 19.9. The van der Waals surface area contributed by atoms with Crippen LogP contribution in [0.5, 0.6) is 5.75 Å². The monoisotopic (exact) mass is 405 g/mol. The number of rotatable bonds is 8. The fourth-order valence-electron chi connectivity index (χ4n) is 2.28. The molecule has 6 nitrogen and oxygen atoms in total. The van der Waals surface area contributed by atoms with E-state index in [-0.39, 0.29) is 30.8 Å². The van der Waals surface area contributed by atoms with E-state index in [0.717, 1.165) is 16.8 Å². The van der Waals surface area contributed by atoms with Gasteiger partial charge in [-0.05, 0) is 57.0 Å². The molecule has 0 saturated heterocycles. The summed E-state index contributed by atoms with van der Waals surface area (Å²) in [5.74, 6) is 0.224. The van der Waals surface area contributed by atoms with Crippen molar-refractivity contribution in [2.75, 3.05) is 18.5 Å². The first-order valence-electron chi connectivity index (χ1n) is 8.89. The van der Waals surface area contributed by atoms with Crippen molar-refractivity contribution >= 4 is 29.9 Å². The molecule has 152 valence electrons. The van der Waals surface area contributed by atoms with Gasteiger partial charge in [0.1, 0.15) is 5.75 Å². The molecule has 0 unspecified atom stereocenters. The lowest BCUT2D eigenvalue weighted by Gasteiger charge is -2.17. The summed E-state index contributed by atoms with van der Waals surface area (Å²) in [7, 11) is 0. The normalized spacial score (nSPS) is 10.6. The van der Waals surface area contributed by atoms with Crippen LogP contribution in [-0.4, -0.2) is 30.5 Å². The minimum absolute atomic E-state index is 0. The van der Waals surface area contributed by atoms with Crippen LogP contribution in [0.15, 0.2) is 48.5 Å². The quantitative estimate of drug-likeness (QED) is 0.629. The van der Waals surface area contributed by atoms with Crippen LogP contribution in [0.3, 0.4) is 0 Å². The van der Waals surface area contributed by atoms with Crippen LogP contribution in [0.2, 0.25) is 0 Å². The highest BCUT2D eigenvalue weighted by atomic mass is 35.5. The van der Waals surface area contributed by atoms with E-state index in [1.165, 1.54) is 0 Å². The van der Waals surface area contributed by atoms with Crippen LogP contribution in [-0.2, 0) is 16.0 Å². The van der Waals surface area contributed by atoms with Crippen LogP contribution < -0.4 is 21.1 Å². The van der Waals surface area contributed by atoms with Crippen molar-refractivity contribution in [3.63, 3.8) is 0 Å². The summed E-state index contributed by atoms with van der Waals surface area (Å²) in [6.45, 7) is 5.78. The minimum Gasteiger partial charge on any atom is -0.484 e. The average Bonchev–Trinajstić information content (AvgIpc) is 2.62. The van der Waals surface area contributed by atoms with Crippen molar-refractivity contribution in [3.8, 4) is 5.75 Å². The van der Waals surface area contributed by atoms with Crippen LogP contribution in [0.1, 0.15) is 25.0 Å². The number of halogens is 1. The van der Waals surface area contributed by atoms with Crippen molar-refractivity contribution < 1.29 is 14.3 Å². The minimum atomic E-state index is -0.878. The first-order valence-corrected chi connectivity index (χ1v) is 8.89. The van der Waals surface area contributed by atoms with Gasteiger partial charge in [-0.1, -0.05) is 29.8 Å². The lowest BCUT2D eigenvalue weighted by atomic mass is 10.1. The molecule has 0 aliphatic carbocycles. The molecule has 2 rings (SSSR count). The number of hydrogen-bond donors (Lipinski definition) is 3. The van der Waals surface area contributed by atoms with E-state index in [1.807, 2.05) is 55.5 Å². The second kappa shape index (κ2) is 10.7. The second-order valence-electron chi connectivity index (χ2n) is 7.07. The predicted octanol–water partition coefficient (Wildman–Crippen LogP) is 2.83. The van der Waals surface area contributed by atoms with Gasteiger partial charge in [-0.25, -0.2) is 0 Å². The molecule has 7 heteroatoms. The van der Waals surface area contributed by atoms with Gasteiger partial charge in [0.15, 0.2) is 6.61 Å². The molecule has 0 aliphatic rings. The number of amides is 2. The summed E-state index contributed by atoms with van der Waals surface area (Å²) in [4.78, 5) is 23.6. The van der Waals surface area contributed by atoms with Crippen molar-refractivity contribution in [2.24, 2.45) is 5.73 Å². The van der Waals surface area contributed by atoms with Gasteiger partial charge in [-0.15, -0.1) is 12.4 Å². The number of carbonyl (C=O) groups excluding carboxylic acids is 2. The summed E-state index contributed by atoms with van der Waals surface area (Å²) in [6.07, 6.45) is 0.690. The summed E-state index contributed by atoms with van der Waals surface area (Å²) >= 11 is 0. The Hall–Kier alpha value is -2.57. The first-order chi connectivity index (χ1) is 12.7. The number of nitrogens with two attached hydrogens (primary N) is 1. The van der Waals surface area contributed by atoms with Gasteiger partial charge >= 0.3 is 0 Å². The van der Waals surface area contributed by atoms with Crippen LogP contribution in [0.25, 0.3) is 0 Å². The highest BCUT2D eigenvalue weighted by Crippen LogP contribution is 2.13. The Kier molecular flexibility index (Phi) is 8.96. The molecule has 0 spiro atoms. The highest BCUT2D eigenvalue weighted by Gasteiger charge is 2.20. The van der Waals surface area contributed by atoms with E-state index >= 15 is 0 Å². The number of aryl methyl sites for hydroxylation is 1. The van der Waals surface area contributed by atoms with Crippen molar-refractivity contribution in [2.45, 2.75) is 32.7 Å². The lowest BCUT2D eigenvalue weighted by Crippen LogP contribution is -2.49. The Morgan fingerprint density at radius 3 is 2.21 bits per heavy atom. The molecule has 2 aromatic carbocycles. The molecule has 0 radical (unpaired) electrons. The molecule has 0 heterocycles. The Bertz CT molecular complexity index is 769. The molecular formula is C21H28ClN3O3. The second-order valence-corrected chi connectivity index (χ2v) is 7.07. The molecule has 0 aliphatic heterocycles. The topological polar surface area (TPSA) is 93.5 Å². The Morgan fingerprint density at radius 1 is 1.04 bits per heavy atom. The Morgan fingerprint density at radius 2 is 1.64 bits per heavy atom. The third kappa shape index (κ3) is 7.98. The molecular weight excluding hydrogens is 378 g/mol. The summed E-state index contributed by atoms with van der Waals surface area (Å²) in [5, 5.41) is 5.59. The van der Waals surface area contributed by atoms with Gasteiger partial charge in [0, 0.05) is 12.2 Å². The molecule has 28 heavy (non-hydrogen) atoms. The van der Waals surface area contributed by atoms with Crippen molar-refractivity contribution in [1.29, 1.82) is 0 Å². The average molecular weight is 406 g/mol. The Labute approximate surface area is 172 Å². The molecule has 2 amide bonds. The van der Waals surface area contributed by atoms with Gasteiger partial charge in [0.25, 0.3) is 5.91 Å². The van der Waals surface area contributed by atoms with Gasteiger partial charge < -0.3 is 21.1 Å². The van der Waals surface area contributed by atoms with Gasteiger partial charge in [0.05, 0.1) is 5.54 Å². The zero-order valence-electron chi connectivity index (χ0n) is 16.5. The van der Waals surface area contributed by atoms with Gasteiger partial charge in [0.2, 0.25) is 5.91 Å². The van der Waals surface area contributed by atoms with E-state index in [0.29, 0.717) is 18.7 Å². The molecule has 0 fully saturated rings. The lowest BCUT2D eigenvalue weighted by molar-refractivity contribution is -0.125. The van der Waals surface area contributed by atoms with Gasteiger partial charge in [-0.2, -0.15) is 0 Å². The number of hydrogen-bond acceptors (Lipinski definition) is 4. The fourth-order valence-corrected chi connectivity index (χ4v) is 2.28. The van der Waals surface area contributed by atoms with Crippen LogP contribution in [0, 0.1) is 6.92 Å². The molecule has 4 N–H and O–H groups in total.